The van der Waals surface area contributed by atoms with Crippen LogP contribution in [0.15, 0.2) is 23.5 Å². The Bertz CT molecular complexity index is 995. The monoisotopic (exact) mass is 449 g/mol. The molecular weight excluding hydrogens is 418 g/mol. The summed E-state index contributed by atoms with van der Waals surface area (Å²) in [6.07, 6.45) is 3.64. The van der Waals surface area contributed by atoms with E-state index in [9.17, 15) is 18.3 Å². The van der Waals surface area contributed by atoms with Gasteiger partial charge in [0.2, 0.25) is 5.78 Å². The SMILES string of the molecule is CC(C)=C1Oc2c(ccc(O)c2CN2CCCN(S(=O)(=O)N3CCCCC3)CC2)C1=O. The minimum absolute atomic E-state index is 0.0867. The Morgan fingerprint density at radius 2 is 1.65 bits per heavy atom. The van der Waals surface area contributed by atoms with Crippen molar-refractivity contribution in [1.82, 2.24) is 13.5 Å². The van der Waals surface area contributed by atoms with E-state index in [1.54, 1.807) is 14.7 Å². The van der Waals surface area contributed by atoms with Crippen molar-refractivity contribution >= 4 is 16.0 Å². The first-order chi connectivity index (χ1) is 14.8. The molecule has 0 unspecified atom stereocenters. The van der Waals surface area contributed by atoms with Crippen LogP contribution in [0.5, 0.6) is 11.5 Å². The lowest BCUT2D eigenvalue weighted by Gasteiger charge is -2.31. The summed E-state index contributed by atoms with van der Waals surface area (Å²) in [5.74, 6) is 0.661. The van der Waals surface area contributed by atoms with Gasteiger partial charge in [-0.05, 0) is 57.4 Å². The number of hydrogen-bond acceptors (Lipinski definition) is 6. The van der Waals surface area contributed by atoms with E-state index in [1.807, 2.05) is 13.8 Å². The fraction of sp³-hybridized carbons (Fsp3) is 0.591. The van der Waals surface area contributed by atoms with E-state index in [0.717, 1.165) is 24.8 Å². The van der Waals surface area contributed by atoms with E-state index in [0.29, 0.717) is 74.9 Å². The molecule has 2 fully saturated rings. The summed E-state index contributed by atoms with van der Waals surface area (Å²) in [5.41, 5.74) is 1.84. The summed E-state index contributed by atoms with van der Waals surface area (Å²) in [6, 6.07) is 3.14. The van der Waals surface area contributed by atoms with Crippen molar-refractivity contribution in [3.8, 4) is 11.5 Å². The number of ether oxygens (including phenoxy) is 1. The van der Waals surface area contributed by atoms with Crippen molar-refractivity contribution in [2.45, 2.75) is 46.1 Å². The van der Waals surface area contributed by atoms with E-state index in [2.05, 4.69) is 4.90 Å². The molecule has 0 atom stereocenters. The number of carbonyl (C=O) groups is 1. The molecule has 0 aliphatic carbocycles. The average molecular weight is 450 g/mol. The predicted octanol–water partition coefficient (Wildman–Crippen LogP) is 2.50. The van der Waals surface area contributed by atoms with Gasteiger partial charge in [-0.15, -0.1) is 0 Å². The van der Waals surface area contributed by atoms with E-state index in [4.69, 9.17) is 4.74 Å². The molecule has 3 heterocycles. The van der Waals surface area contributed by atoms with Crippen molar-refractivity contribution in [3.63, 3.8) is 0 Å². The Labute approximate surface area is 184 Å². The number of rotatable bonds is 4. The number of aromatic hydroxyl groups is 1. The maximum Gasteiger partial charge on any atom is 0.282 e. The fourth-order valence-corrected chi connectivity index (χ4v) is 6.20. The van der Waals surface area contributed by atoms with E-state index in [-0.39, 0.29) is 11.5 Å². The largest absolute Gasteiger partial charge is 0.507 e. The van der Waals surface area contributed by atoms with E-state index < -0.39 is 10.2 Å². The van der Waals surface area contributed by atoms with Crippen molar-refractivity contribution in [1.29, 1.82) is 0 Å². The van der Waals surface area contributed by atoms with Crippen LogP contribution in [0.2, 0.25) is 0 Å². The van der Waals surface area contributed by atoms with Crippen LogP contribution >= 0.6 is 0 Å². The standard InChI is InChI=1S/C22H31N3O5S/c1-16(2)21-20(27)17-7-8-19(26)18(22(17)30-21)15-23-9-6-12-25(14-13-23)31(28,29)24-10-4-3-5-11-24/h7-8,26H,3-6,9-15H2,1-2H3. The van der Waals surface area contributed by atoms with Gasteiger partial charge >= 0.3 is 0 Å². The average Bonchev–Trinajstić information content (AvgIpc) is 2.92. The molecule has 2 saturated heterocycles. The zero-order valence-corrected chi connectivity index (χ0v) is 19.1. The molecule has 1 aromatic carbocycles. The quantitative estimate of drug-likeness (QED) is 0.711. The van der Waals surface area contributed by atoms with Crippen LogP contribution in [-0.4, -0.2) is 72.1 Å². The van der Waals surface area contributed by atoms with Crippen LogP contribution in [0.1, 0.15) is 55.5 Å². The molecule has 3 aliphatic rings. The Hall–Kier alpha value is -1.94. The lowest BCUT2D eigenvalue weighted by atomic mass is 10.0. The molecule has 9 heteroatoms. The third-order valence-corrected chi connectivity index (χ3v) is 8.28. The highest BCUT2D eigenvalue weighted by molar-refractivity contribution is 7.86. The lowest BCUT2D eigenvalue weighted by molar-refractivity contribution is 0.101. The lowest BCUT2D eigenvalue weighted by Crippen LogP contribution is -2.47. The Morgan fingerprint density at radius 3 is 2.35 bits per heavy atom. The third kappa shape index (κ3) is 4.37. The molecule has 4 rings (SSSR count). The molecule has 0 bridgehead atoms. The molecule has 1 N–H and O–H groups in total. The van der Waals surface area contributed by atoms with Gasteiger partial charge in [0, 0.05) is 39.3 Å². The number of fused-ring (bicyclic) bond motifs is 1. The molecule has 3 aliphatic heterocycles. The summed E-state index contributed by atoms with van der Waals surface area (Å²) >= 11 is 0. The summed E-state index contributed by atoms with van der Waals surface area (Å²) < 4.78 is 35.1. The van der Waals surface area contributed by atoms with Crippen LogP contribution < -0.4 is 4.74 Å². The molecule has 0 amide bonds. The number of carbonyl (C=O) groups excluding carboxylic acids is 1. The zero-order chi connectivity index (χ0) is 22.2. The normalized spacial score (nSPS) is 21.6. The number of Topliss-reactive ketones (excluding diaryl/α,β-unsaturated/α-hetero) is 1. The molecule has 0 spiro atoms. The van der Waals surface area contributed by atoms with Crippen LogP contribution in [0.3, 0.4) is 0 Å². The third-order valence-electron chi connectivity index (χ3n) is 6.24. The van der Waals surface area contributed by atoms with Gasteiger partial charge in [0.25, 0.3) is 10.2 Å². The van der Waals surface area contributed by atoms with Gasteiger partial charge in [-0.1, -0.05) is 6.42 Å². The molecule has 31 heavy (non-hydrogen) atoms. The minimum atomic E-state index is -3.43. The molecule has 1 aromatic rings. The molecule has 0 radical (unpaired) electrons. The second-order valence-electron chi connectivity index (χ2n) is 8.70. The maximum absolute atomic E-state index is 13.0. The van der Waals surface area contributed by atoms with Gasteiger partial charge in [0.1, 0.15) is 11.5 Å². The van der Waals surface area contributed by atoms with Crippen molar-refractivity contribution < 1.29 is 23.1 Å². The molecule has 170 valence electrons. The molecule has 0 aromatic heterocycles. The Morgan fingerprint density at radius 1 is 0.968 bits per heavy atom. The van der Waals surface area contributed by atoms with Crippen molar-refractivity contribution in [2.24, 2.45) is 0 Å². The second kappa shape index (κ2) is 8.90. The number of phenolic OH excluding ortho intramolecular Hbond substituents is 1. The Balaban J connectivity index is 1.49. The summed E-state index contributed by atoms with van der Waals surface area (Å²) in [5, 5.41) is 10.5. The van der Waals surface area contributed by atoms with Gasteiger partial charge in [-0.3, -0.25) is 9.69 Å². The number of benzene rings is 1. The first-order valence-electron chi connectivity index (χ1n) is 11.0. The smallest absolute Gasteiger partial charge is 0.282 e. The van der Waals surface area contributed by atoms with Crippen molar-refractivity contribution in [2.75, 3.05) is 39.3 Å². The topological polar surface area (TPSA) is 90.4 Å². The van der Waals surface area contributed by atoms with Gasteiger partial charge in [0.15, 0.2) is 5.76 Å². The number of ketones is 1. The summed E-state index contributed by atoms with van der Waals surface area (Å²) in [4.78, 5) is 14.7. The molecule has 0 saturated carbocycles. The van der Waals surface area contributed by atoms with E-state index >= 15 is 0 Å². The van der Waals surface area contributed by atoms with Gasteiger partial charge in [0.05, 0.1) is 11.1 Å². The number of nitrogens with zero attached hydrogens (tertiary/aromatic N) is 3. The first kappa shape index (κ1) is 22.3. The van der Waals surface area contributed by atoms with Crippen LogP contribution in [-0.2, 0) is 16.8 Å². The number of hydrogen-bond donors (Lipinski definition) is 1. The first-order valence-corrected chi connectivity index (χ1v) is 12.4. The minimum Gasteiger partial charge on any atom is -0.507 e. The number of piperidine rings is 1. The van der Waals surface area contributed by atoms with Crippen LogP contribution in [0.4, 0.5) is 0 Å². The van der Waals surface area contributed by atoms with E-state index in [1.165, 1.54) is 6.07 Å². The predicted molar refractivity (Wildman–Crippen MR) is 117 cm³/mol. The van der Waals surface area contributed by atoms with Gasteiger partial charge in [-0.25, -0.2) is 0 Å². The van der Waals surface area contributed by atoms with Crippen molar-refractivity contribution in [3.05, 3.63) is 34.6 Å². The maximum atomic E-state index is 13.0. The van der Waals surface area contributed by atoms with Gasteiger partial charge in [-0.2, -0.15) is 17.0 Å². The summed E-state index contributed by atoms with van der Waals surface area (Å²) in [6.45, 7) is 7.41. The fourth-order valence-electron chi connectivity index (χ4n) is 4.48. The van der Waals surface area contributed by atoms with Crippen LogP contribution in [0.25, 0.3) is 0 Å². The zero-order valence-electron chi connectivity index (χ0n) is 18.3. The highest BCUT2D eigenvalue weighted by atomic mass is 32.2. The Kier molecular flexibility index (Phi) is 6.39. The van der Waals surface area contributed by atoms with Gasteiger partial charge < -0.3 is 9.84 Å². The second-order valence-corrected chi connectivity index (χ2v) is 10.6. The molecular formula is C22H31N3O5S. The highest BCUT2D eigenvalue weighted by Crippen LogP contribution is 2.40. The van der Waals surface area contributed by atoms with Crippen LogP contribution in [0, 0.1) is 0 Å². The number of allylic oxidation sites excluding steroid dienone is 2. The molecule has 8 nitrogen and oxygen atoms in total. The number of phenols is 1. The summed E-state index contributed by atoms with van der Waals surface area (Å²) in [7, 11) is -3.43. The highest BCUT2D eigenvalue weighted by Gasteiger charge is 2.34.